The van der Waals surface area contributed by atoms with Crippen LogP contribution in [0.2, 0.25) is 0 Å². The van der Waals surface area contributed by atoms with Crippen molar-refractivity contribution in [1.82, 2.24) is 9.88 Å². The summed E-state index contributed by atoms with van der Waals surface area (Å²) in [5.41, 5.74) is 0.892. The van der Waals surface area contributed by atoms with Crippen LogP contribution in [0.25, 0.3) is 0 Å². The van der Waals surface area contributed by atoms with Crippen LogP contribution in [-0.2, 0) is 0 Å². The Morgan fingerprint density at radius 1 is 1.44 bits per heavy atom. The number of nitrogens with zero attached hydrogens (tertiary/aromatic N) is 2. The second-order valence-electron chi connectivity index (χ2n) is 4.76. The van der Waals surface area contributed by atoms with E-state index >= 15 is 0 Å². The highest BCUT2D eigenvalue weighted by Crippen LogP contribution is 2.18. The Morgan fingerprint density at radius 2 is 2.11 bits per heavy atom. The average Bonchev–Trinajstić information content (AvgIpc) is 2.31. The molecule has 1 aliphatic heterocycles. The summed E-state index contributed by atoms with van der Waals surface area (Å²) in [6, 6.07) is 3.04. The molecule has 1 aromatic rings. The Morgan fingerprint density at radius 3 is 2.72 bits per heavy atom. The van der Waals surface area contributed by atoms with Gasteiger partial charge in [-0.25, -0.2) is 9.78 Å². The molecule has 0 aromatic carbocycles. The number of hydrogen-bond donors (Lipinski definition) is 1. The minimum atomic E-state index is -0.950. The van der Waals surface area contributed by atoms with E-state index in [2.05, 4.69) is 16.9 Å². The summed E-state index contributed by atoms with van der Waals surface area (Å²) in [5, 5.41) is 8.98. The van der Waals surface area contributed by atoms with Crippen LogP contribution in [0.5, 0.6) is 5.88 Å². The van der Waals surface area contributed by atoms with Gasteiger partial charge in [-0.15, -0.1) is 0 Å². The molecule has 18 heavy (non-hydrogen) atoms. The lowest BCUT2D eigenvalue weighted by Crippen LogP contribution is -2.35. The van der Waals surface area contributed by atoms with E-state index in [1.165, 1.54) is 6.07 Å². The van der Waals surface area contributed by atoms with E-state index < -0.39 is 5.97 Å². The van der Waals surface area contributed by atoms with Gasteiger partial charge in [0.2, 0.25) is 5.88 Å². The zero-order chi connectivity index (χ0) is 13.1. The highest BCUT2D eigenvalue weighted by molar-refractivity contribution is 5.87. The first kappa shape index (κ1) is 12.8. The summed E-state index contributed by atoms with van der Waals surface area (Å²) < 4.78 is 5.77. The summed E-state index contributed by atoms with van der Waals surface area (Å²) in [7, 11) is 2.09. The SMILES string of the molecule is Cc1cc(C(=O)O)cc(OC2CCN(C)CC2)n1. The van der Waals surface area contributed by atoms with Crippen molar-refractivity contribution < 1.29 is 14.6 Å². The molecule has 0 saturated carbocycles. The number of aromatic nitrogens is 1. The number of rotatable bonds is 3. The number of aryl methyl sites for hydroxylation is 1. The van der Waals surface area contributed by atoms with Gasteiger partial charge in [-0.05, 0) is 32.9 Å². The molecule has 1 fully saturated rings. The van der Waals surface area contributed by atoms with Crippen LogP contribution in [0.4, 0.5) is 0 Å². The summed E-state index contributed by atoms with van der Waals surface area (Å²) in [4.78, 5) is 17.4. The topological polar surface area (TPSA) is 62.7 Å². The van der Waals surface area contributed by atoms with Gasteiger partial charge in [0.05, 0.1) is 5.56 Å². The van der Waals surface area contributed by atoms with Crippen LogP contribution >= 0.6 is 0 Å². The molecule has 1 saturated heterocycles. The summed E-state index contributed by atoms with van der Waals surface area (Å²) in [6.07, 6.45) is 2.04. The minimum absolute atomic E-state index is 0.136. The molecule has 1 aromatic heterocycles. The van der Waals surface area contributed by atoms with Crippen molar-refractivity contribution >= 4 is 5.97 Å². The van der Waals surface area contributed by atoms with Crippen LogP contribution in [0.1, 0.15) is 28.9 Å². The van der Waals surface area contributed by atoms with Crippen molar-refractivity contribution in [2.45, 2.75) is 25.9 Å². The summed E-state index contributed by atoms with van der Waals surface area (Å²) in [6.45, 7) is 3.78. The maximum absolute atomic E-state index is 11.0. The molecular weight excluding hydrogens is 232 g/mol. The number of likely N-dealkylation sites (tertiary alicyclic amines) is 1. The molecular formula is C13H18N2O3. The maximum Gasteiger partial charge on any atom is 0.335 e. The largest absolute Gasteiger partial charge is 0.478 e. The number of ether oxygens (including phenoxy) is 1. The first-order valence-electron chi connectivity index (χ1n) is 6.12. The number of piperidine rings is 1. The minimum Gasteiger partial charge on any atom is -0.478 e. The van der Waals surface area contributed by atoms with Gasteiger partial charge in [-0.2, -0.15) is 0 Å². The lowest BCUT2D eigenvalue weighted by molar-refractivity contribution is 0.0694. The van der Waals surface area contributed by atoms with Crippen molar-refractivity contribution in [2.75, 3.05) is 20.1 Å². The van der Waals surface area contributed by atoms with E-state index in [0.717, 1.165) is 25.9 Å². The Bertz CT molecular complexity index is 440. The van der Waals surface area contributed by atoms with Gasteiger partial charge < -0.3 is 14.7 Å². The molecule has 0 bridgehead atoms. The first-order chi connectivity index (χ1) is 8.54. The molecule has 0 radical (unpaired) electrons. The molecule has 0 atom stereocenters. The number of hydrogen-bond acceptors (Lipinski definition) is 4. The molecule has 5 heteroatoms. The van der Waals surface area contributed by atoms with Gasteiger partial charge in [0.15, 0.2) is 0 Å². The van der Waals surface area contributed by atoms with Crippen LogP contribution in [0, 0.1) is 6.92 Å². The zero-order valence-corrected chi connectivity index (χ0v) is 10.7. The van der Waals surface area contributed by atoms with Crippen LogP contribution < -0.4 is 4.74 Å². The molecule has 0 amide bonds. The van der Waals surface area contributed by atoms with E-state index in [0.29, 0.717) is 11.6 Å². The Balaban J connectivity index is 2.07. The molecule has 0 aliphatic carbocycles. The van der Waals surface area contributed by atoms with Gasteiger partial charge in [-0.3, -0.25) is 0 Å². The van der Waals surface area contributed by atoms with Crippen LogP contribution in [0.15, 0.2) is 12.1 Å². The fourth-order valence-corrected chi connectivity index (χ4v) is 2.10. The second kappa shape index (κ2) is 5.35. The van der Waals surface area contributed by atoms with Crippen molar-refractivity contribution in [3.63, 3.8) is 0 Å². The average molecular weight is 250 g/mol. The molecule has 1 N–H and O–H groups in total. The Kier molecular flexibility index (Phi) is 3.81. The third-order valence-corrected chi connectivity index (χ3v) is 3.13. The predicted molar refractivity (Wildman–Crippen MR) is 67.1 cm³/mol. The monoisotopic (exact) mass is 250 g/mol. The van der Waals surface area contributed by atoms with Gasteiger partial charge >= 0.3 is 5.97 Å². The van der Waals surface area contributed by atoms with E-state index in [1.807, 2.05) is 0 Å². The zero-order valence-electron chi connectivity index (χ0n) is 10.7. The van der Waals surface area contributed by atoms with Gasteiger partial charge in [0.1, 0.15) is 6.10 Å². The van der Waals surface area contributed by atoms with E-state index in [-0.39, 0.29) is 11.7 Å². The van der Waals surface area contributed by atoms with Crippen molar-refractivity contribution in [1.29, 1.82) is 0 Å². The molecule has 98 valence electrons. The highest BCUT2D eigenvalue weighted by Gasteiger charge is 2.19. The number of carbonyl (C=O) groups is 1. The molecule has 5 nitrogen and oxygen atoms in total. The quantitative estimate of drug-likeness (QED) is 0.882. The number of pyridine rings is 1. The molecule has 0 spiro atoms. The lowest BCUT2D eigenvalue weighted by atomic mass is 10.1. The fraction of sp³-hybridized carbons (Fsp3) is 0.538. The van der Waals surface area contributed by atoms with Crippen molar-refractivity contribution in [3.05, 3.63) is 23.4 Å². The third kappa shape index (κ3) is 3.20. The number of carboxylic acid groups (broad SMARTS) is 1. The van der Waals surface area contributed by atoms with Crippen molar-refractivity contribution in [2.24, 2.45) is 0 Å². The second-order valence-corrected chi connectivity index (χ2v) is 4.76. The Labute approximate surface area is 106 Å². The summed E-state index contributed by atoms with van der Waals surface area (Å²) >= 11 is 0. The van der Waals surface area contributed by atoms with E-state index in [9.17, 15) is 4.79 Å². The van der Waals surface area contributed by atoms with Gasteiger partial charge in [-0.1, -0.05) is 0 Å². The standard InChI is InChI=1S/C13H18N2O3/c1-9-7-10(13(16)17)8-12(14-9)18-11-3-5-15(2)6-4-11/h7-8,11H,3-6H2,1-2H3,(H,16,17). The predicted octanol–water partition coefficient (Wildman–Crippen LogP) is 1.56. The van der Waals surface area contributed by atoms with Crippen LogP contribution in [0.3, 0.4) is 0 Å². The number of aromatic carboxylic acids is 1. The summed E-state index contributed by atoms with van der Waals surface area (Å²) in [5.74, 6) is -0.532. The van der Waals surface area contributed by atoms with Crippen LogP contribution in [-0.4, -0.2) is 47.2 Å². The fourth-order valence-electron chi connectivity index (χ4n) is 2.10. The van der Waals surface area contributed by atoms with Gasteiger partial charge in [0.25, 0.3) is 0 Å². The van der Waals surface area contributed by atoms with E-state index in [4.69, 9.17) is 9.84 Å². The molecule has 2 rings (SSSR count). The van der Waals surface area contributed by atoms with Gasteiger partial charge in [0, 0.05) is 24.8 Å². The third-order valence-electron chi connectivity index (χ3n) is 3.13. The van der Waals surface area contributed by atoms with Crippen molar-refractivity contribution in [3.8, 4) is 5.88 Å². The normalized spacial score (nSPS) is 17.7. The molecule has 0 unspecified atom stereocenters. The Hall–Kier alpha value is -1.62. The molecule has 2 heterocycles. The molecule has 1 aliphatic rings. The first-order valence-corrected chi connectivity index (χ1v) is 6.12. The van der Waals surface area contributed by atoms with E-state index in [1.54, 1.807) is 13.0 Å². The lowest BCUT2D eigenvalue weighted by Gasteiger charge is -2.29. The maximum atomic E-state index is 11.0. The smallest absolute Gasteiger partial charge is 0.335 e. The number of carboxylic acids is 1. The highest BCUT2D eigenvalue weighted by atomic mass is 16.5.